The molecule has 0 saturated carbocycles. The van der Waals surface area contributed by atoms with Crippen molar-refractivity contribution in [3.8, 4) is 10.6 Å². The molecule has 0 spiro atoms. The predicted molar refractivity (Wildman–Crippen MR) is 54.7 cm³/mol. The first-order chi connectivity index (χ1) is 7.88. The number of hydrogen-bond acceptors (Lipinski definition) is 4. The Labute approximate surface area is 96.9 Å². The van der Waals surface area contributed by atoms with Gasteiger partial charge in [0, 0.05) is 5.56 Å². The summed E-state index contributed by atoms with van der Waals surface area (Å²) < 4.78 is 50.4. The third-order valence-electron chi connectivity index (χ3n) is 1.97. The maximum atomic E-state index is 13.5. The summed E-state index contributed by atoms with van der Waals surface area (Å²) in [6, 6.07) is 2.22. The molecule has 0 unspecified atom stereocenters. The summed E-state index contributed by atoms with van der Waals surface area (Å²) in [5.41, 5.74) is 4.21. The molecule has 2 aromatic rings. The van der Waals surface area contributed by atoms with Crippen LogP contribution in [0.3, 0.4) is 0 Å². The van der Waals surface area contributed by atoms with E-state index in [4.69, 9.17) is 5.73 Å². The quantitative estimate of drug-likeness (QED) is 0.805. The predicted octanol–water partition coefficient (Wildman–Crippen LogP) is 2.95. The molecule has 2 rings (SSSR count). The van der Waals surface area contributed by atoms with Gasteiger partial charge >= 0.3 is 6.18 Å². The maximum Gasteiger partial charge on any atom is 0.416 e. The highest BCUT2D eigenvalue weighted by molar-refractivity contribution is 7.18. The molecular formula is C9H5F4N3S. The molecule has 1 heterocycles. The van der Waals surface area contributed by atoms with Gasteiger partial charge in [0.25, 0.3) is 0 Å². The molecule has 1 aromatic heterocycles. The zero-order valence-corrected chi connectivity index (χ0v) is 8.94. The highest BCUT2D eigenvalue weighted by Crippen LogP contribution is 2.33. The lowest BCUT2D eigenvalue weighted by Crippen LogP contribution is -2.05. The van der Waals surface area contributed by atoms with E-state index in [0.717, 1.165) is 23.5 Å². The molecule has 2 N–H and O–H groups in total. The maximum absolute atomic E-state index is 13.5. The molecule has 0 saturated heterocycles. The minimum atomic E-state index is -4.57. The number of nitrogen functional groups attached to an aromatic ring is 1. The molecule has 8 heteroatoms. The van der Waals surface area contributed by atoms with Crippen LogP contribution in [0.15, 0.2) is 18.2 Å². The van der Waals surface area contributed by atoms with Gasteiger partial charge in [-0.2, -0.15) is 13.2 Å². The second-order valence-electron chi connectivity index (χ2n) is 3.14. The summed E-state index contributed by atoms with van der Waals surface area (Å²) in [5.74, 6) is -1.00. The highest BCUT2D eigenvalue weighted by atomic mass is 32.1. The fourth-order valence-electron chi connectivity index (χ4n) is 1.21. The Bertz CT molecular complexity index is 549. The molecule has 0 aliphatic rings. The van der Waals surface area contributed by atoms with E-state index in [9.17, 15) is 17.6 Å². The van der Waals surface area contributed by atoms with Gasteiger partial charge in [0.2, 0.25) is 5.13 Å². The van der Waals surface area contributed by atoms with Gasteiger partial charge in [0.1, 0.15) is 5.82 Å². The van der Waals surface area contributed by atoms with Gasteiger partial charge in [-0.05, 0) is 18.2 Å². The van der Waals surface area contributed by atoms with Crippen molar-refractivity contribution < 1.29 is 17.6 Å². The fraction of sp³-hybridized carbons (Fsp3) is 0.111. The topological polar surface area (TPSA) is 51.8 Å². The number of anilines is 1. The number of hydrogen-bond donors (Lipinski definition) is 1. The number of alkyl halides is 3. The minimum Gasteiger partial charge on any atom is -0.374 e. The van der Waals surface area contributed by atoms with Crippen molar-refractivity contribution in [1.82, 2.24) is 10.2 Å². The Morgan fingerprint density at radius 1 is 1.18 bits per heavy atom. The van der Waals surface area contributed by atoms with Crippen molar-refractivity contribution >= 4 is 16.5 Å². The van der Waals surface area contributed by atoms with Crippen molar-refractivity contribution in [3.05, 3.63) is 29.6 Å². The molecule has 0 aliphatic carbocycles. The van der Waals surface area contributed by atoms with Crippen LogP contribution in [0.5, 0.6) is 0 Å². The smallest absolute Gasteiger partial charge is 0.374 e. The van der Waals surface area contributed by atoms with Crippen molar-refractivity contribution in [3.63, 3.8) is 0 Å². The number of halogens is 4. The van der Waals surface area contributed by atoms with Crippen LogP contribution in [0.4, 0.5) is 22.7 Å². The van der Waals surface area contributed by atoms with E-state index in [1.54, 1.807) is 0 Å². The zero-order chi connectivity index (χ0) is 12.6. The summed E-state index contributed by atoms with van der Waals surface area (Å²) in [6.45, 7) is 0. The molecule has 0 bridgehead atoms. The molecule has 0 aliphatic heterocycles. The van der Waals surface area contributed by atoms with Crippen LogP contribution in [0, 0.1) is 5.82 Å². The summed E-state index contributed by atoms with van der Waals surface area (Å²) >= 11 is 0.903. The molecule has 0 amide bonds. The molecule has 0 fully saturated rings. The Balaban J connectivity index is 2.45. The fourth-order valence-corrected chi connectivity index (χ4v) is 1.85. The number of benzene rings is 1. The average molecular weight is 263 g/mol. The zero-order valence-electron chi connectivity index (χ0n) is 8.12. The molecule has 17 heavy (non-hydrogen) atoms. The van der Waals surface area contributed by atoms with E-state index in [0.29, 0.717) is 6.07 Å². The second-order valence-corrected chi connectivity index (χ2v) is 4.15. The third-order valence-corrected chi connectivity index (χ3v) is 2.75. The summed E-state index contributed by atoms with van der Waals surface area (Å²) in [6.07, 6.45) is -4.57. The third kappa shape index (κ3) is 2.36. The van der Waals surface area contributed by atoms with E-state index in [2.05, 4.69) is 10.2 Å². The van der Waals surface area contributed by atoms with Crippen LogP contribution in [0.2, 0.25) is 0 Å². The molecule has 3 nitrogen and oxygen atoms in total. The van der Waals surface area contributed by atoms with Gasteiger partial charge in [0.05, 0.1) is 5.56 Å². The van der Waals surface area contributed by atoms with E-state index in [1.165, 1.54) is 0 Å². The van der Waals surface area contributed by atoms with Crippen molar-refractivity contribution in [2.45, 2.75) is 6.18 Å². The normalized spacial score (nSPS) is 11.8. The van der Waals surface area contributed by atoms with Crippen LogP contribution < -0.4 is 5.73 Å². The Morgan fingerprint density at radius 2 is 1.88 bits per heavy atom. The molecule has 0 radical (unpaired) electrons. The molecule has 90 valence electrons. The number of nitrogens with two attached hydrogens (primary N) is 1. The van der Waals surface area contributed by atoms with E-state index >= 15 is 0 Å². The van der Waals surface area contributed by atoms with Crippen LogP contribution >= 0.6 is 11.3 Å². The molecule has 1 aromatic carbocycles. The summed E-state index contributed by atoms with van der Waals surface area (Å²) in [7, 11) is 0. The lowest BCUT2D eigenvalue weighted by atomic mass is 10.1. The Morgan fingerprint density at radius 3 is 2.35 bits per heavy atom. The Hall–Kier alpha value is -1.70. The van der Waals surface area contributed by atoms with Crippen LogP contribution in [-0.4, -0.2) is 10.2 Å². The molecular weight excluding hydrogens is 258 g/mol. The van der Waals surface area contributed by atoms with Crippen molar-refractivity contribution in [2.24, 2.45) is 0 Å². The van der Waals surface area contributed by atoms with Crippen molar-refractivity contribution in [2.75, 3.05) is 5.73 Å². The monoisotopic (exact) mass is 263 g/mol. The van der Waals surface area contributed by atoms with Gasteiger partial charge in [-0.25, -0.2) is 4.39 Å². The largest absolute Gasteiger partial charge is 0.416 e. The van der Waals surface area contributed by atoms with Gasteiger partial charge in [-0.3, -0.25) is 0 Å². The first kappa shape index (κ1) is 11.8. The van der Waals surface area contributed by atoms with E-state index in [-0.39, 0.29) is 15.7 Å². The molecule has 0 atom stereocenters. The first-order valence-electron chi connectivity index (χ1n) is 4.34. The summed E-state index contributed by atoms with van der Waals surface area (Å²) in [4.78, 5) is 0. The van der Waals surface area contributed by atoms with Gasteiger partial charge < -0.3 is 5.73 Å². The van der Waals surface area contributed by atoms with Crippen LogP contribution in [-0.2, 0) is 6.18 Å². The standard InChI is InChI=1S/C9H5F4N3S/c10-6-3-4(9(11,12)13)1-2-5(6)7-15-16-8(14)17-7/h1-3H,(H2,14,16). The number of aromatic nitrogens is 2. The average Bonchev–Trinajstić information content (AvgIpc) is 2.63. The van der Waals surface area contributed by atoms with Gasteiger partial charge in [-0.1, -0.05) is 11.3 Å². The van der Waals surface area contributed by atoms with Gasteiger partial charge in [-0.15, -0.1) is 10.2 Å². The second kappa shape index (κ2) is 3.95. The number of nitrogens with zero attached hydrogens (tertiary/aromatic N) is 2. The minimum absolute atomic E-state index is 0.0489. The summed E-state index contributed by atoms with van der Waals surface area (Å²) in [5, 5.41) is 7.29. The van der Waals surface area contributed by atoms with E-state index < -0.39 is 17.6 Å². The lowest BCUT2D eigenvalue weighted by Gasteiger charge is -2.07. The van der Waals surface area contributed by atoms with Crippen LogP contribution in [0.1, 0.15) is 5.56 Å². The number of rotatable bonds is 1. The van der Waals surface area contributed by atoms with Crippen LogP contribution in [0.25, 0.3) is 10.6 Å². The Kier molecular flexibility index (Phi) is 2.74. The van der Waals surface area contributed by atoms with Crippen molar-refractivity contribution in [1.29, 1.82) is 0 Å². The first-order valence-corrected chi connectivity index (χ1v) is 5.15. The van der Waals surface area contributed by atoms with E-state index in [1.807, 2.05) is 0 Å². The highest BCUT2D eigenvalue weighted by Gasteiger charge is 2.31. The SMILES string of the molecule is Nc1nnc(-c2ccc(C(F)(F)F)cc2F)s1. The lowest BCUT2D eigenvalue weighted by molar-refractivity contribution is -0.137. The van der Waals surface area contributed by atoms with Gasteiger partial charge in [0.15, 0.2) is 5.01 Å².